The maximum atomic E-state index is 5.10. The Morgan fingerprint density at radius 1 is 1.37 bits per heavy atom. The molecule has 0 amide bonds. The lowest BCUT2D eigenvalue weighted by molar-refractivity contribution is 0.196. The molecule has 0 fully saturated rings. The number of nitrogens with zero attached hydrogens (tertiary/aromatic N) is 3. The van der Waals surface area contributed by atoms with Crippen molar-refractivity contribution in [3.63, 3.8) is 0 Å². The van der Waals surface area contributed by atoms with E-state index in [2.05, 4.69) is 48.0 Å². The van der Waals surface area contributed by atoms with Crippen molar-refractivity contribution >= 4 is 11.6 Å². The average molecular weight is 266 g/mol. The van der Waals surface area contributed by atoms with Crippen LogP contribution in [-0.2, 0) is 4.74 Å². The molecule has 1 aromatic heterocycles. The molecule has 0 radical (unpaired) electrons. The lowest BCUT2D eigenvalue weighted by Crippen LogP contribution is -2.23. The minimum atomic E-state index is 0.384. The first-order valence-electron chi connectivity index (χ1n) is 6.90. The van der Waals surface area contributed by atoms with Gasteiger partial charge >= 0.3 is 0 Å². The van der Waals surface area contributed by atoms with Gasteiger partial charge in [0, 0.05) is 39.4 Å². The summed E-state index contributed by atoms with van der Waals surface area (Å²) in [5.41, 5.74) is 1.18. The third-order valence-corrected chi connectivity index (χ3v) is 2.99. The fourth-order valence-electron chi connectivity index (χ4n) is 2.08. The molecule has 0 spiro atoms. The summed E-state index contributed by atoms with van der Waals surface area (Å²) in [6.07, 6.45) is 2.62. The third kappa shape index (κ3) is 4.35. The number of anilines is 2. The fourth-order valence-corrected chi connectivity index (χ4v) is 2.08. The van der Waals surface area contributed by atoms with Crippen LogP contribution in [0.25, 0.3) is 0 Å². The van der Waals surface area contributed by atoms with Gasteiger partial charge in [0.2, 0.25) is 0 Å². The van der Waals surface area contributed by atoms with Gasteiger partial charge in [0.15, 0.2) is 0 Å². The molecule has 0 saturated carbocycles. The van der Waals surface area contributed by atoms with Crippen LogP contribution in [0.5, 0.6) is 0 Å². The van der Waals surface area contributed by atoms with Crippen molar-refractivity contribution < 1.29 is 4.74 Å². The van der Waals surface area contributed by atoms with Gasteiger partial charge in [0.05, 0.1) is 0 Å². The SMILES string of the molecule is CCNc1ncnc(N(C)CCCOC)c1C(C)C. The van der Waals surface area contributed by atoms with Gasteiger partial charge in [-0.25, -0.2) is 9.97 Å². The van der Waals surface area contributed by atoms with Crippen molar-refractivity contribution in [1.82, 2.24) is 9.97 Å². The van der Waals surface area contributed by atoms with Gasteiger partial charge in [0.1, 0.15) is 18.0 Å². The number of hydrogen-bond acceptors (Lipinski definition) is 5. The predicted octanol–water partition coefficient (Wildman–Crippen LogP) is 2.50. The van der Waals surface area contributed by atoms with Gasteiger partial charge < -0.3 is 15.0 Å². The number of rotatable bonds is 8. The van der Waals surface area contributed by atoms with Gasteiger partial charge in [-0.3, -0.25) is 0 Å². The topological polar surface area (TPSA) is 50.3 Å². The fraction of sp³-hybridized carbons (Fsp3) is 0.714. The Labute approximate surface area is 116 Å². The Hall–Kier alpha value is -1.36. The third-order valence-electron chi connectivity index (χ3n) is 2.99. The van der Waals surface area contributed by atoms with Crippen LogP contribution in [0.2, 0.25) is 0 Å². The van der Waals surface area contributed by atoms with E-state index in [1.54, 1.807) is 13.4 Å². The minimum absolute atomic E-state index is 0.384. The smallest absolute Gasteiger partial charge is 0.137 e. The molecule has 0 aliphatic carbocycles. The van der Waals surface area contributed by atoms with E-state index in [9.17, 15) is 0 Å². The monoisotopic (exact) mass is 266 g/mol. The van der Waals surface area contributed by atoms with Crippen LogP contribution < -0.4 is 10.2 Å². The van der Waals surface area contributed by atoms with Crippen LogP contribution in [0, 0.1) is 0 Å². The molecule has 1 rings (SSSR count). The minimum Gasteiger partial charge on any atom is -0.385 e. The molecule has 0 aliphatic rings. The highest BCUT2D eigenvalue weighted by atomic mass is 16.5. The summed E-state index contributed by atoms with van der Waals surface area (Å²) in [6.45, 7) is 8.98. The molecule has 108 valence electrons. The van der Waals surface area contributed by atoms with Crippen LogP contribution >= 0.6 is 0 Å². The van der Waals surface area contributed by atoms with Crippen molar-refractivity contribution in [2.75, 3.05) is 44.1 Å². The first kappa shape index (κ1) is 15.7. The second-order valence-corrected chi connectivity index (χ2v) is 4.91. The zero-order chi connectivity index (χ0) is 14.3. The maximum absolute atomic E-state index is 5.10. The molecule has 0 aliphatic heterocycles. The molecule has 5 heteroatoms. The molecule has 0 bridgehead atoms. The van der Waals surface area contributed by atoms with Crippen molar-refractivity contribution in [2.24, 2.45) is 0 Å². The quantitative estimate of drug-likeness (QED) is 0.733. The summed E-state index contributed by atoms with van der Waals surface area (Å²) < 4.78 is 5.10. The van der Waals surface area contributed by atoms with Crippen molar-refractivity contribution in [3.05, 3.63) is 11.9 Å². The molecule has 0 unspecified atom stereocenters. The zero-order valence-electron chi connectivity index (χ0n) is 12.7. The Kier molecular flexibility index (Phi) is 6.56. The number of ether oxygens (including phenoxy) is 1. The first-order chi connectivity index (χ1) is 9.11. The standard InChI is InChI=1S/C14H26N4O/c1-6-15-13-12(11(2)3)14(17-10-16-13)18(4)8-7-9-19-5/h10-11H,6-9H2,1-5H3,(H,15,16,17). The highest BCUT2D eigenvalue weighted by Crippen LogP contribution is 2.30. The Balaban J connectivity index is 2.94. The van der Waals surface area contributed by atoms with E-state index in [-0.39, 0.29) is 0 Å². The van der Waals surface area contributed by atoms with E-state index in [1.165, 1.54) is 5.56 Å². The van der Waals surface area contributed by atoms with Crippen molar-refractivity contribution in [1.29, 1.82) is 0 Å². The van der Waals surface area contributed by atoms with Gasteiger partial charge in [-0.15, -0.1) is 0 Å². The Morgan fingerprint density at radius 2 is 2.11 bits per heavy atom. The Morgan fingerprint density at radius 3 is 2.68 bits per heavy atom. The van der Waals surface area contributed by atoms with Crippen LogP contribution in [0.4, 0.5) is 11.6 Å². The second kappa shape index (κ2) is 7.94. The van der Waals surface area contributed by atoms with Crippen molar-refractivity contribution in [3.8, 4) is 0 Å². The van der Waals surface area contributed by atoms with E-state index in [0.29, 0.717) is 5.92 Å². The molecule has 0 atom stereocenters. The van der Waals surface area contributed by atoms with Crippen LogP contribution in [0.3, 0.4) is 0 Å². The molecule has 1 N–H and O–H groups in total. The van der Waals surface area contributed by atoms with E-state index >= 15 is 0 Å². The van der Waals surface area contributed by atoms with Crippen molar-refractivity contribution in [2.45, 2.75) is 33.1 Å². The summed E-state index contributed by atoms with van der Waals surface area (Å²) in [6, 6.07) is 0. The van der Waals surface area contributed by atoms with E-state index < -0.39 is 0 Å². The molecule has 5 nitrogen and oxygen atoms in total. The van der Waals surface area contributed by atoms with Crippen LogP contribution in [-0.4, -0.2) is 43.8 Å². The first-order valence-corrected chi connectivity index (χ1v) is 6.90. The summed E-state index contributed by atoms with van der Waals surface area (Å²) in [7, 11) is 3.80. The molecule has 0 aromatic carbocycles. The summed E-state index contributed by atoms with van der Waals surface area (Å²) in [5, 5.41) is 3.32. The normalized spacial score (nSPS) is 10.8. The highest BCUT2D eigenvalue weighted by molar-refractivity contribution is 5.59. The van der Waals surface area contributed by atoms with Crippen LogP contribution in [0.1, 0.15) is 38.7 Å². The van der Waals surface area contributed by atoms with Gasteiger partial charge in [-0.05, 0) is 19.3 Å². The maximum Gasteiger partial charge on any atom is 0.137 e. The second-order valence-electron chi connectivity index (χ2n) is 4.91. The number of methoxy groups -OCH3 is 1. The molecule has 1 aromatic rings. The van der Waals surface area contributed by atoms with E-state index in [4.69, 9.17) is 4.74 Å². The van der Waals surface area contributed by atoms with E-state index in [0.717, 1.165) is 37.8 Å². The summed E-state index contributed by atoms with van der Waals surface area (Å²) in [4.78, 5) is 11.0. The van der Waals surface area contributed by atoms with Gasteiger partial charge in [-0.2, -0.15) is 0 Å². The average Bonchev–Trinajstić information content (AvgIpc) is 2.38. The lowest BCUT2D eigenvalue weighted by atomic mass is 10.0. The van der Waals surface area contributed by atoms with Gasteiger partial charge in [-0.1, -0.05) is 13.8 Å². The predicted molar refractivity (Wildman–Crippen MR) is 80.0 cm³/mol. The molecule has 19 heavy (non-hydrogen) atoms. The van der Waals surface area contributed by atoms with Gasteiger partial charge in [0.25, 0.3) is 0 Å². The highest BCUT2D eigenvalue weighted by Gasteiger charge is 2.17. The summed E-state index contributed by atoms with van der Waals surface area (Å²) in [5.74, 6) is 2.34. The molecular weight excluding hydrogens is 240 g/mol. The number of nitrogens with one attached hydrogen (secondary N) is 1. The molecule has 1 heterocycles. The molecule has 0 saturated heterocycles. The van der Waals surface area contributed by atoms with E-state index in [1.807, 2.05) is 0 Å². The molecular formula is C14H26N4O. The number of hydrogen-bond donors (Lipinski definition) is 1. The number of aromatic nitrogens is 2. The van der Waals surface area contributed by atoms with Crippen LogP contribution in [0.15, 0.2) is 6.33 Å². The lowest BCUT2D eigenvalue weighted by Gasteiger charge is -2.24. The Bertz CT molecular complexity index is 382. The largest absolute Gasteiger partial charge is 0.385 e. The zero-order valence-corrected chi connectivity index (χ0v) is 12.7. The summed E-state index contributed by atoms with van der Waals surface area (Å²) >= 11 is 0.